The number of carbonyl (C=O) groups excluding carboxylic acids is 1. The molecular weight excluding hydrogens is 282 g/mol. The monoisotopic (exact) mass is 299 g/mol. The molecule has 0 spiro atoms. The van der Waals surface area contributed by atoms with Crippen molar-refractivity contribution in [3.8, 4) is 0 Å². The molecule has 1 amide bonds. The second-order valence-corrected chi connectivity index (χ2v) is 6.62. The third kappa shape index (κ3) is 2.89. The normalized spacial score (nSPS) is 17.1. The van der Waals surface area contributed by atoms with E-state index in [1.54, 1.807) is 6.20 Å². The molecular formula is C12H18BrN3O. The summed E-state index contributed by atoms with van der Waals surface area (Å²) in [5.74, 6) is 0.781. The fourth-order valence-electron chi connectivity index (χ4n) is 2.03. The van der Waals surface area contributed by atoms with E-state index in [-0.39, 0.29) is 11.3 Å². The Morgan fingerprint density at radius 2 is 2.18 bits per heavy atom. The van der Waals surface area contributed by atoms with Crippen LogP contribution in [0, 0.1) is 11.3 Å². The highest BCUT2D eigenvalue weighted by molar-refractivity contribution is 9.10. The second-order valence-electron chi connectivity index (χ2n) is 5.71. The van der Waals surface area contributed by atoms with E-state index >= 15 is 0 Å². The van der Waals surface area contributed by atoms with Gasteiger partial charge in [-0.3, -0.25) is 9.48 Å². The molecule has 1 aromatic heterocycles. The number of carbonyl (C=O) groups is 1. The minimum absolute atomic E-state index is 0.246. The molecule has 0 atom stereocenters. The van der Waals surface area contributed by atoms with Gasteiger partial charge in [-0.05, 0) is 15.9 Å². The fraction of sp³-hybridized carbons (Fsp3) is 0.667. The van der Waals surface area contributed by atoms with Crippen LogP contribution in [0.3, 0.4) is 0 Å². The van der Waals surface area contributed by atoms with Gasteiger partial charge >= 0.3 is 0 Å². The average molecular weight is 300 g/mol. The first-order valence-corrected chi connectivity index (χ1v) is 6.63. The number of aromatic nitrogens is 2. The highest BCUT2D eigenvalue weighted by Crippen LogP contribution is 2.25. The van der Waals surface area contributed by atoms with Crippen molar-refractivity contribution < 1.29 is 4.79 Å². The van der Waals surface area contributed by atoms with E-state index in [1.165, 1.54) is 0 Å². The summed E-state index contributed by atoms with van der Waals surface area (Å²) in [6.07, 6.45) is 3.75. The standard InChI is InChI=1S/C12H18BrN3O/c1-12(2,3)11(17)15-5-9(6-15)7-16-8-10(13)4-14-16/h4,8-9H,5-7H2,1-3H3. The quantitative estimate of drug-likeness (QED) is 0.839. The third-order valence-corrected chi connectivity index (χ3v) is 3.34. The van der Waals surface area contributed by atoms with Crippen molar-refractivity contribution in [1.82, 2.24) is 14.7 Å². The Morgan fingerprint density at radius 1 is 1.53 bits per heavy atom. The van der Waals surface area contributed by atoms with Crippen LogP contribution >= 0.6 is 15.9 Å². The zero-order chi connectivity index (χ0) is 12.6. The van der Waals surface area contributed by atoms with Crippen LogP contribution in [0.15, 0.2) is 16.9 Å². The van der Waals surface area contributed by atoms with Gasteiger partial charge in [0.2, 0.25) is 5.91 Å². The van der Waals surface area contributed by atoms with Gasteiger partial charge in [-0.1, -0.05) is 20.8 Å². The Balaban J connectivity index is 1.82. The van der Waals surface area contributed by atoms with Gasteiger partial charge in [0.25, 0.3) is 0 Å². The van der Waals surface area contributed by atoms with Crippen LogP contribution in [-0.2, 0) is 11.3 Å². The summed E-state index contributed by atoms with van der Waals surface area (Å²) in [5, 5.41) is 4.22. The largest absolute Gasteiger partial charge is 0.341 e. The number of likely N-dealkylation sites (tertiary alicyclic amines) is 1. The molecule has 0 unspecified atom stereocenters. The molecule has 0 aromatic carbocycles. The first-order valence-electron chi connectivity index (χ1n) is 5.83. The van der Waals surface area contributed by atoms with Crippen LogP contribution in [0.4, 0.5) is 0 Å². The van der Waals surface area contributed by atoms with Crippen LogP contribution in [-0.4, -0.2) is 33.7 Å². The van der Waals surface area contributed by atoms with Crippen LogP contribution in [0.2, 0.25) is 0 Å². The summed E-state index contributed by atoms with van der Waals surface area (Å²) in [5.41, 5.74) is -0.264. The van der Waals surface area contributed by atoms with E-state index < -0.39 is 0 Å². The Kier molecular flexibility index (Phi) is 3.30. The molecule has 1 aliphatic rings. The Morgan fingerprint density at radius 3 is 2.65 bits per heavy atom. The molecule has 4 nitrogen and oxygen atoms in total. The van der Waals surface area contributed by atoms with E-state index in [9.17, 15) is 4.79 Å². The molecule has 0 radical (unpaired) electrons. The molecule has 5 heteroatoms. The van der Waals surface area contributed by atoms with Crippen molar-refractivity contribution in [2.24, 2.45) is 11.3 Å². The lowest BCUT2D eigenvalue weighted by Crippen LogP contribution is -2.54. The van der Waals surface area contributed by atoms with Crippen molar-refractivity contribution >= 4 is 21.8 Å². The van der Waals surface area contributed by atoms with Crippen LogP contribution in [0.25, 0.3) is 0 Å². The molecule has 0 saturated carbocycles. The summed E-state index contributed by atoms with van der Waals surface area (Å²) in [4.78, 5) is 13.9. The van der Waals surface area contributed by atoms with E-state index in [0.717, 1.165) is 24.1 Å². The Hall–Kier alpha value is -0.840. The van der Waals surface area contributed by atoms with Gasteiger partial charge in [-0.15, -0.1) is 0 Å². The van der Waals surface area contributed by atoms with Gasteiger partial charge in [-0.2, -0.15) is 5.10 Å². The van der Waals surface area contributed by atoms with Crippen molar-refractivity contribution in [3.63, 3.8) is 0 Å². The predicted octanol–water partition coefficient (Wildman–Crippen LogP) is 2.15. The lowest BCUT2D eigenvalue weighted by Gasteiger charge is -2.42. The van der Waals surface area contributed by atoms with Gasteiger partial charge in [-0.25, -0.2) is 0 Å². The van der Waals surface area contributed by atoms with Crippen LogP contribution in [0.5, 0.6) is 0 Å². The molecule has 1 saturated heterocycles. The van der Waals surface area contributed by atoms with Gasteiger partial charge in [0.15, 0.2) is 0 Å². The van der Waals surface area contributed by atoms with E-state index in [0.29, 0.717) is 5.92 Å². The third-order valence-electron chi connectivity index (χ3n) is 2.93. The van der Waals surface area contributed by atoms with Gasteiger partial charge in [0.05, 0.1) is 10.7 Å². The number of rotatable bonds is 2. The Labute approximate surface area is 110 Å². The zero-order valence-corrected chi connectivity index (χ0v) is 12.1. The zero-order valence-electron chi connectivity index (χ0n) is 10.5. The fourth-order valence-corrected chi connectivity index (χ4v) is 2.36. The molecule has 2 heterocycles. The number of amides is 1. The van der Waals surface area contributed by atoms with Crippen LogP contribution < -0.4 is 0 Å². The topological polar surface area (TPSA) is 38.1 Å². The van der Waals surface area contributed by atoms with Crippen molar-refractivity contribution in [2.45, 2.75) is 27.3 Å². The number of nitrogens with zero attached hydrogens (tertiary/aromatic N) is 3. The average Bonchev–Trinajstić information content (AvgIpc) is 2.54. The first-order chi connectivity index (χ1) is 7.86. The number of hydrogen-bond acceptors (Lipinski definition) is 2. The van der Waals surface area contributed by atoms with Gasteiger partial charge in [0, 0.05) is 37.2 Å². The first kappa shape index (κ1) is 12.6. The summed E-state index contributed by atoms with van der Waals surface area (Å²) >= 11 is 3.38. The van der Waals surface area contributed by atoms with Crippen molar-refractivity contribution in [1.29, 1.82) is 0 Å². The van der Waals surface area contributed by atoms with Crippen LogP contribution in [0.1, 0.15) is 20.8 Å². The highest BCUT2D eigenvalue weighted by Gasteiger charge is 2.36. The summed E-state index contributed by atoms with van der Waals surface area (Å²) < 4.78 is 2.92. The van der Waals surface area contributed by atoms with E-state index in [1.807, 2.05) is 36.5 Å². The lowest BCUT2D eigenvalue weighted by molar-refractivity contribution is -0.146. The van der Waals surface area contributed by atoms with E-state index in [2.05, 4.69) is 21.0 Å². The molecule has 94 valence electrons. The molecule has 17 heavy (non-hydrogen) atoms. The molecule has 2 rings (SSSR count). The maximum absolute atomic E-state index is 11.9. The van der Waals surface area contributed by atoms with E-state index in [4.69, 9.17) is 0 Å². The molecule has 1 aliphatic heterocycles. The second kappa shape index (κ2) is 4.44. The summed E-state index contributed by atoms with van der Waals surface area (Å²) in [7, 11) is 0. The van der Waals surface area contributed by atoms with Gasteiger partial charge < -0.3 is 4.90 Å². The molecule has 0 aliphatic carbocycles. The maximum atomic E-state index is 11.9. The smallest absolute Gasteiger partial charge is 0.227 e. The summed E-state index contributed by atoms with van der Waals surface area (Å²) in [6, 6.07) is 0. The van der Waals surface area contributed by atoms with Gasteiger partial charge in [0.1, 0.15) is 0 Å². The number of hydrogen-bond donors (Lipinski definition) is 0. The SMILES string of the molecule is CC(C)(C)C(=O)N1CC(Cn2cc(Br)cn2)C1. The molecule has 1 aromatic rings. The minimum atomic E-state index is -0.264. The lowest BCUT2D eigenvalue weighted by atomic mass is 9.90. The molecule has 0 bridgehead atoms. The number of halogens is 1. The highest BCUT2D eigenvalue weighted by atomic mass is 79.9. The summed E-state index contributed by atoms with van der Waals surface area (Å²) in [6.45, 7) is 8.49. The van der Waals surface area contributed by atoms with Crippen molar-refractivity contribution in [2.75, 3.05) is 13.1 Å². The predicted molar refractivity (Wildman–Crippen MR) is 69.5 cm³/mol. The Bertz CT molecular complexity index is 416. The molecule has 1 fully saturated rings. The van der Waals surface area contributed by atoms with Crippen molar-refractivity contribution in [3.05, 3.63) is 16.9 Å². The minimum Gasteiger partial charge on any atom is -0.341 e. The molecule has 0 N–H and O–H groups in total. The maximum Gasteiger partial charge on any atom is 0.227 e.